The van der Waals surface area contributed by atoms with Gasteiger partial charge in [-0.05, 0) is 72.5 Å². The summed E-state index contributed by atoms with van der Waals surface area (Å²) in [5, 5.41) is 15.2. The Morgan fingerprint density at radius 2 is 1.95 bits per heavy atom. The number of aliphatic hydroxyl groups excluding tert-OH is 1. The molecule has 0 unspecified atom stereocenters. The van der Waals surface area contributed by atoms with Crippen LogP contribution in [-0.2, 0) is 17.8 Å². The van der Waals surface area contributed by atoms with Gasteiger partial charge in [0.1, 0.15) is 12.4 Å². The Balaban J connectivity index is 1.32. The van der Waals surface area contributed by atoms with E-state index >= 15 is 0 Å². The number of ether oxygens (including phenoxy) is 2. The number of piperidine rings is 1. The first-order valence-electron chi connectivity index (χ1n) is 13.5. The number of hydrogen-bond donors (Lipinski definition) is 1. The van der Waals surface area contributed by atoms with Crippen molar-refractivity contribution in [1.29, 1.82) is 0 Å². The van der Waals surface area contributed by atoms with Crippen LogP contribution in [0, 0.1) is 6.92 Å². The molecule has 0 bridgehead atoms. The molecule has 4 heterocycles. The fraction of sp³-hybridized carbons (Fsp3) is 0.355. The van der Waals surface area contributed by atoms with Crippen LogP contribution in [0.1, 0.15) is 29.5 Å². The maximum Gasteiger partial charge on any atom is 0.227 e. The molecule has 1 N–H and O–H groups in total. The van der Waals surface area contributed by atoms with E-state index < -0.39 is 0 Å². The van der Waals surface area contributed by atoms with E-state index in [-0.39, 0.29) is 18.1 Å². The van der Waals surface area contributed by atoms with Crippen LogP contribution in [0.15, 0.2) is 65.4 Å². The van der Waals surface area contributed by atoms with Gasteiger partial charge in [-0.2, -0.15) is 11.3 Å². The average Bonchev–Trinajstić information content (AvgIpc) is 3.46. The van der Waals surface area contributed by atoms with Crippen molar-refractivity contribution in [3.05, 3.63) is 82.0 Å². The van der Waals surface area contributed by atoms with Gasteiger partial charge in [0.2, 0.25) is 5.91 Å². The lowest BCUT2D eigenvalue weighted by atomic mass is 10.0. The molecular weight excluding hydrogens is 510 g/mol. The van der Waals surface area contributed by atoms with Crippen LogP contribution in [0.2, 0.25) is 0 Å². The molecular formula is C31H33N3O4S. The number of carbonyl (C=O) groups is 1. The Hall–Kier alpha value is -3.62. The van der Waals surface area contributed by atoms with Gasteiger partial charge in [-0.25, -0.2) is 4.98 Å². The molecule has 1 atom stereocenters. The Bertz CT molecular complexity index is 1450. The van der Waals surface area contributed by atoms with Crippen LogP contribution in [0.4, 0.5) is 5.82 Å². The van der Waals surface area contributed by atoms with Crippen molar-refractivity contribution < 1.29 is 19.4 Å². The Labute approximate surface area is 232 Å². The van der Waals surface area contributed by atoms with Crippen molar-refractivity contribution in [1.82, 2.24) is 9.88 Å². The molecule has 2 aromatic carbocycles. The second kappa shape index (κ2) is 11.2. The molecule has 1 amide bonds. The molecule has 2 aliphatic heterocycles. The molecule has 8 heteroatoms. The number of thiophene rings is 1. The normalized spacial score (nSPS) is 17.4. The van der Waals surface area contributed by atoms with Crippen LogP contribution in [0.25, 0.3) is 10.9 Å². The molecule has 1 saturated heterocycles. The number of carbonyl (C=O) groups excluding carboxylic acids is 1. The molecule has 1 fully saturated rings. The van der Waals surface area contributed by atoms with Crippen molar-refractivity contribution in [3.63, 3.8) is 0 Å². The number of anilines is 1. The molecule has 0 aliphatic carbocycles. The molecule has 0 spiro atoms. The number of para-hydroxylation sites is 2. The maximum atomic E-state index is 13.7. The van der Waals surface area contributed by atoms with Gasteiger partial charge in [0.25, 0.3) is 0 Å². The lowest BCUT2D eigenvalue weighted by Crippen LogP contribution is -2.44. The minimum atomic E-state index is -0.282. The van der Waals surface area contributed by atoms with E-state index in [0.29, 0.717) is 44.7 Å². The summed E-state index contributed by atoms with van der Waals surface area (Å²) in [5.41, 5.74) is 4.11. The fourth-order valence-electron chi connectivity index (χ4n) is 5.34. The molecule has 2 aromatic heterocycles. The minimum Gasteiger partial charge on any atom is -0.486 e. The average molecular weight is 544 g/mol. The van der Waals surface area contributed by atoms with Crippen LogP contribution < -0.4 is 14.4 Å². The second-order valence-electron chi connectivity index (χ2n) is 10.5. The van der Waals surface area contributed by atoms with Crippen LogP contribution in [0.3, 0.4) is 0 Å². The molecule has 2 aliphatic rings. The molecule has 7 nitrogen and oxygen atoms in total. The van der Waals surface area contributed by atoms with Crippen LogP contribution >= 0.6 is 11.3 Å². The quantitative estimate of drug-likeness (QED) is 0.355. The third kappa shape index (κ3) is 5.87. The van der Waals surface area contributed by atoms with Crippen molar-refractivity contribution in [2.45, 2.75) is 44.9 Å². The zero-order chi connectivity index (χ0) is 26.8. The monoisotopic (exact) mass is 543 g/mol. The first-order chi connectivity index (χ1) is 19.0. The summed E-state index contributed by atoms with van der Waals surface area (Å²) in [5.74, 6) is 2.36. The largest absolute Gasteiger partial charge is 0.486 e. The van der Waals surface area contributed by atoms with Gasteiger partial charge in [-0.15, -0.1) is 0 Å². The number of aryl methyl sites for hydroxylation is 1. The van der Waals surface area contributed by atoms with Crippen LogP contribution in [-0.4, -0.2) is 59.3 Å². The van der Waals surface area contributed by atoms with E-state index in [1.165, 1.54) is 5.56 Å². The highest BCUT2D eigenvalue weighted by Crippen LogP contribution is 2.32. The number of benzene rings is 2. The van der Waals surface area contributed by atoms with Gasteiger partial charge in [-0.3, -0.25) is 4.79 Å². The zero-order valence-corrected chi connectivity index (χ0v) is 22.9. The van der Waals surface area contributed by atoms with Crippen molar-refractivity contribution in [2.75, 3.05) is 31.1 Å². The highest BCUT2D eigenvalue weighted by molar-refractivity contribution is 7.08. The first-order valence-corrected chi connectivity index (χ1v) is 14.5. The lowest BCUT2D eigenvalue weighted by Gasteiger charge is -2.34. The zero-order valence-electron chi connectivity index (χ0n) is 22.1. The van der Waals surface area contributed by atoms with Crippen LogP contribution in [0.5, 0.6) is 11.5 Å². The molecule has 0 radical (unpaired) electrons. The summed E-state index contributed by atoms with van der Waals surface area (Å²) in [4.78, 5) is 23.0. The first kappa shape index (κ1) is 25.6. The molecule has 6 rings (SSSR count). The van der Waals surface area contributed by atoms with Crippen molar-refractivity contribution in [3.8, 4) is 11.5 Å². The Morgan fingerprint density at radius 1 is 1.13 bits per heavy atom. The lowest BCUT2D eigenvalue weighted by molar-refractivity contribution is -0.132. The van der Waals surface area contributed by atoms with E-state index in [2.05, 4.69) is 36.1 Å². The number of aliphatic hydroxyl groups is 1. The predicted octanol–water partition coefficient (Wildman–Crippen LogP) is 4.98. The van der Waals surface area contributed by atoms with E-state index in [1.54, 1.807) is 11.3 Å². The van der Waals surface area contributed by atoms with Gasteiger partial charge in [0.05, 0.1) is 24.6 Å². The standard InChI is InChI=1S/C31H33N3O4S/c1-21-6-7-27-23(14-21)16-24(31(32-27)33-11-8-25(35)9-12-33)17-34(30(36)15-22-10-13-39-20-22)18-26-19-37-28-4-2-3-5-29(28)38-26/h2-7,10,13-14,16,20,25-26,35H,8-9,11-12,15,17-19H2,1H3/t26-/m1/s1. The summed E-state index contributed by atoms with van der Waals surface area (Å²) >= 11 is 1.60. The maximum absolute atomic E-state index is 13.7. The third-order valence-corrected chi connectivity index (χ3v) is 8.16. The van der Waals surface area contributed by atoms with E-state index in [9.17, 15) is 9.90 Å². The summed E-state index contributed by atoms with van der Waals surface area (Å²) in [6, 6.07) is 18.1. The number of fused-ring (bicyclic) bond motifs is 2. The molecule has 39 heavy (non-hydrogen) atoms. The van der Waals surface area contributed by atoms with Gasteiger partial charge >= 0.3 is 0 Å². The van der Waals surface area contributed by atoms with Gasteiger partial charge in [0.15, 0.2) is 17.6 Å². The SMILES string of the molecule is Cc1ccc2nc(N3CCC(O)CC3)c(CN(C[C@@H]3COc4ccccc4O3)C(=O)Cc3ccsc3)cc2c1. The smallest absolute Gasteiger partial charge is 0.227 e. The summed E-state index contributed by atoms with van der Waals surface area (Å²) in [6.45, 7) is 4.74. The van der Waals surface area contributed by atoms with Gasteiger partial charge in [-0.1, -0.05) is 23.8 Å². The third-order valence-electron chi connectivity index (χ3n) is 7.43. The highest BCUT2D eigenvalue weighted by Gasteiger charge is 2.28. The second-order valence-corrected chi connectivity index (χ2v) is 11.2. The van der Waals surface area contributed by atoms with E-state index in [4.69, 9.17) is 14.5 Å². The highest BCUT2D eigenvalue weighted by atomic mass is 32.1. The predicted molar refractivity (Wildman–Crippen MR) is 154 cm³/mol. The molecule has 4 aromatic rings. The molecule has 202 valence electrons. The number of nitrogens with zero attached hydrogens (tertiary/aromatic N) is 3. The Morgan fingerprint density at radius 3 is 2.74 bits per heavy atom. The minimum absolute atomic E-state index is 0.0419. The van der Waals surface area contributed by atoms with E-state index in [1.807, 2.05) is 46.0 Å². The summed E-state index contributed by atoms with van der Waals surface area (Å²) in [6.07, 6.45) is 1.19. The van der Waals surface area contributed by atoms with Gasteiger partial charge in [0, 0.05) is 30.6 Å². The Kier molecular flexibility index (Phi) is 7.39. The van der Waals surface area contributed by atoms with E-state index in [0.717, 1.165) is 46.7 Å². The summed E-state index contributed by atoms with van der Waals surface area (Å²) < 4.78 is 12.2. The van der Waals surface area contributed by atoms with Crippen molar-refractivity contribution >= 4 is 34.0 Å². The molecule has 0 saturated carbocycles. The number of aromatic nitrogens is 1. The topological polar surface area (TPSA) is 75.1 Å². The number of rotatable bonds is 7. The summed E-state index contributed by atoms with van der Waals surface area (Å²) in [7, 11) is 0. The fourth-order valence-corrected chi connectivity index (χ4v) is 6.00. The number of amides is 1. The van der Waals surface area contributed by atoms with Crippen molar-refractivity contribution in [2.24, 2.45) is 0 Å². The number of hydrogen-bond acceptors (Lipinski definition) is 7. The number of pyridine rings is 1. The van der Waals surface area contributed by atoms with Gasteiger partial charge < -0.3 is 24.4 Å².